The summed E-state index contributed by atoms with van der Waals surface area (Å²) in [6, 6.07) is 1.64. The van der Waals surface area contributed by atoms with Gasteiger partial charge in [0.15, 0.2) is 5.82 Å². The maximum Gasteiger partial charge on any atom is 0.260 e. The predicted octanol–water partition coefficient (Wildman–Crippen LogP) is 1.39. The summed E-state index contributed by atoms with van der Waals surface area (Å²) in [5, 5.41) is 9.42. The second kappa shape index (κ2) is 7.51. The number of carbonyl (C=O) groups excluding carboxylic acids is 1. The third-order valence-corrected chi connectivity index (χ3v) is 2.85. The second-order valence-electron chi connectivity index (χ2n) is 5.16. The number of amides is 1. The van der Waals surface area contributed by atoms with Crippen molar-refractivity contribution < 1.29 is 9.32 Å². The number of hydrogen-bond donors (Lipinski definition) is 2. The van der Waals surface area contributed by atoms with Crippen molar-refractivity contribution in [2.45, 2.75) is 13.3 Å². The second-order valence-corrected chi connectivity index (χ2v) is 5.16. The zero-order valence-electron chi connectivity index (χ0n) is 13.0. The highest BCUT2D eigenvalue weighted by Gasteiger charge is 2.10. The molecule has 0 radical (unpaired) electrons. The lowest BCUT2D eigenvalue weighted by atomic mass is 10.3. The van der Waals surface area contributed by atoms with Gasteiger partial charge in [0.25, 0.3) is 5.91 Å². The van der Waals surface area contributed by atoms with E-state index >= 15 is 0 Å². The Bertz CT molecular complexity index is 608. The molecule has 0 atom stereocenters. The van der Waals surface area contributed by atoms with Crippen molar-refractivity contribution in [1.29, 1.82) is 0 Å². The monoisotopic (exact) mass is 304 g/mol. The number of nitrogens with one attached hydrogen (secondary N) is 2. The maximum atomic E-state index is 12.0. The Labute approximate surface area is 128 Å². The number of anilines is 2. The van der Waals surface area contributed by atoms with Crippen molar-refractivity contribution in [2.24, 2.45) is 0 Å². The lowest BCUT2D eigenvalue weighted by Crippen LogP contribution is -2.17. The van der Waals surface area contributed by atoms with Gasteiger partial charge in [0.2, 0.25) is 5.95 Å². The fraction of sp³-hybridized carbons (Fsp3) is 0.429. The third-order valence-electron chi connectivity index (χ3n) is 2.85. The normalized spacial score (nSPS) is 10.7. The summed E-state index contributed by atoms with van der Waals surface area (Å²) in [6.45, 7) is 3.52. The number of carbonyl (C=O) groups is 1. The summed E-state index contributed by atoms with van der Waals surface area (Å²) >= 11 is 0. The van der Waals surface area contributed by atoms with Crippen LogP contribution < -0.4 is 10.6 Å². The highest BCUT2D eigenvalue weighted by Crippen LogP contribution is 2.09. The van der Waals surface area contributed by atoms with Crippen LogP contribution in [0.3, 0.4) is 0 Å². The molecule has 2 rings (SSSR count). The van der Waals surface area contributed by atoms with E-state index in [9.17, 15) is 4.79 Å². The maximum absolute atomic E-state index is 12.0. The smallest absolute Gasteiger partial charge is 0.260 e. The van der Waals surface area contributed by atoms with E-state index in [0.717, 1.165) is 19.5 Å². The molecule has 0 aliphatic rings. The fourth-order valence-corrected chi connectivity index (χ4v) is 1.75. The number of rotatable bonds is 7. The quantitative estimate of drug-likeness (QED) is 0.746. The first-order valence-corrected chi connectivity index (χ1v) is 7.00. The Morgan fingerprint density at radius 2 is 2.05 bits per heavy atom. The van der Waals surface area contributed by atoms with Gasteiger partial charge in [-0.05, 0) is 34.0 Å². The molecule has 0 bridgehead atoms. The van der Waals surface area contributed by atoms with Crippen LogP contribution >= 0.6 is 0 Å². The van der Waals surface area contributed by atoms with Crippen molar-refractivity contribution in [3.05, 3.63) is 29.8 Å². The van der Waals surface area contributed by atoms with Gasteiger partial charge in [-0.2, -0.15) is 0 Å². The third kappa shape index (κ3) is 4.81. The molecule has 2 N–H and O–H groups in total. The Morgan fingerprint density at radius 1 is 1.32 bits per heavy atom. The molecule has 0 fully saturated rings. The van der Waals surface area contributed by atoms with Crippen molar-refractivity contribution in [3.63, 3.8) is 0 Å². The molecule has 2 aromatic heterocycles. The van der Waals surface area contributed by atoms with E-state index in [0.29, 0.717) is 23.1 Å². The van der Waals surface area contributed by atoms with Gasteiger partial charge in [0.1, 0.15) is 5.76 Å². The summed E-state index contributed by atoms with van der Waals surface area (Å²) in [5.41, 5.74) is 0.361. The molecule has 0 unspecified atom stereocenters. The molecule has 2 aromatic rings. The largest absolute Gasteiger partial charge is 0.360 e. The van der Waals surface area contributed by atoms with Crippen molar-refractivity contribution in [2.75, 3.05) is 37.8 Å². The number of aromatic nitrogens is 3. The standard InChI is InChI=1S/C14H20N6O2/c1-10-7-12(19-22-10)18-13(21)11-8-16-14(17-9-11)15-5-4-6-20(2)3/h7-9H,4-6H2,1-3H3,(H,15,16,17)(H,18,19,21). The van der Waals surface area contributed by atoms with Crippen LogP contribution in [0, 0.1) is 6.92 Å². The van der Waals surface area contributed by atoms with Crippen LogP contribution in [-0.2, 0) is 0 Å². The summed E-state index contributed by atoms with van der Waals surface area (Å²) < 4.78 is 4.88. The van der Waals surface area contributed by atoms with Crippen LogP contribution in [0.2, 0.25) is 0 Å². The Kier molecular flexibility index (Phi) is 5.42. The van der Waals surface area contributed by atoms with E-state index < -0.39 is 0 Å². The lowest BCUT2D eigenvalue weighted by Gasteiger charge is -2.09. The van der Waals surface area contributed by atoms with E-state index in [4.69, 9.17) is 4.52 Å². The van der Waals surface area contributed by atoms with E-state index in [1.165, 1.54) is 12.4 Å². The number of nitrogens with zero attached hydrogens (tertiary/aromatic N) is 4. The van der Waals surface area contributed by atoms with Crippen LogP contribution in [0.4, 0.5) is 11.8 Å². The molecule has 0 aromatic carbocycles. The van der Waals surface area contributed by atoms with E-state index in [2.05, 4.69) is 30.7 Å². The average Bonchev–Trinajstić information content (AvgIpc) is 2.89. The summed E-state index contributed by atoms with van der Waals surface area (Å²) in [5.74, 6) is 1.18. The van der Waals surface area contributed by atoms with Gasteiger partial charge in [0, 0.05) is 25.0 Å². The van der Waals surface area contributed by atoms with Crippen LogP contribution in [-0.4, -0.2) is 53.1 Å². The number of aryl methyl sites for hydroxylation is 1. The van der Waals surface area contributed by atoms with Gasteiger partial charge in [-0.25, -0.2) is 9.97 Å². The van der Waals surface area contributed by atoms with Gasteiger partial charge < -0.3 is 20.1 Å². The molecular formula is C14H20N6O2. The molecule has 1 amide bonds. The van der Waals surface area contributed by atoms with Crippen LogP contribution in [0.15, 0.2) is 23.0 Å². The van der Waals surface area contributed by atoms with E-state index in [-0.39, 0.29) is 5.91 Å². The van der Waals surface area contributed by atoms with Gasteiger partial charge in [-0.15, -0.1) is 0 Å². The first kappa shape index (κ1) is 15.9. The first-order valence-electron chi connectivity index (χ1n) is 7.00. The van der Waals surface area contributed by atoms with Gasteiger partial charge in [-0.3, -0.25) is 4.79 Å². The van der Waals surface area contributed by atoms with E-state index in [1.54, 1.807) is 13.0 Å². The predicted molar refractivity (Wildman–Crippen MR) is 82.9 cm³/mol. The Morgan fingerprint density at radius 3 is 2.64 bits per heavy atom. The molecule has 0 spiro atoms. The molecule has 8 nitrogen and oxygen atoms in total. The van der Waals surface area contributed by atoms with E-state index in [1.807, 2.05) is 14.1 Å². The molecule has 0 saturated carbocycles. The van der Waals surface area contributed by atoms with Crippen LogP contribution in [0.5, 0.6) is 0 Å². The molecular weight excluding hydrogens is 284 g/mol. The number of hydrogen-bond acceptors (Lipinski definition) is 7. The fourth-order valence-electron chi connectivity index (χ4n) is 1.75. The minimum atomic E-state index is -0.326. The Hall–Kier alpha value is -2.48. The van der Waals surface area contributed by atoms with Gasteiger partial charge in [0.05, 0.1) is 5.56 Å². The van der Waals surface area contributed by atoms with Crippen LogP contribution in [0.25, 0.3) is 0 Å². The average molecular weight is 304 g/mol. The molecule has 22 heavy (non-hydrogen) atoms. The molecule has 2 heterocycles. The minimum absolute atomic E-state index is 0.326. The molecule has 0 aliphatic heterocycles. The van der Waals surface area contributed by atoms with Gasteiger partial charge >= 0.3 is 0 Å². The summed E-state index contributed by atoms with van der Waals surface area (Å²) in [4.78, 5) is 22.3. The molecule has 118 valence electrons. The van der Waals surface area contributed by atoms with Crippen molar-refractivity contribution >= 4 is 17.7 Å². The topological polar surface area (TPSA) is 96.2 Å². The lowest BCUT2D eigenvalue weighted by molar-refractivity contribution is 0.102. The highest BCUT2D eigenvalue weighted by atomic mass is 16.5. The Balaban J connectivity index is 1.84. The zero-order valence-corrected chi connectivity index (χ0v) is 13.0. The summed E-state index contributed by atoms with van der Waals surface area (Å²) in [7, 11) is 4.06. The molecule has 8 heteroatoms. The zero-order chi connectivity index (χ0) is 15.9. The molecule has 0 aliphatic carbocycles. The highest BCUT2D eigenvalue weighted by molar-refractivity contribution is 6.03. The van der Waals surface area contributed by atoms with Crippen molar-refractivity contribution in [3.8, 4) is 0 Å². The molecule has 0 saturated heterocycles. The first-order chi connectivity index (χ1) is 10.5. The minimum Gasteiger partial charge on any atom is -0.360 e. The van der Waals surface area contributed by atoms with Crippen molar-refractivity contribution in [1.82, 2.24) is 20.0 Å². The SMILES string of the molecule is Cc1cc(NC(=O)c2cnc(NCCCN(C)C)nc2)no1. The van der Waals surface area contributed by atoms with Gasteiger partial charge in [-0.1, -0.05) is 5.16 Å². The van der Waals surface area contributed by atoms with Crippen LogP contribution in [0.1, 0.15) is 22.5 Å². The summed E-state index contributed by atoms with van der Waals surface area (Å²) in [6.07, 6.45) is 3.94.